The molecule has 0 saturated heterocycles. The van der Waals surface area contributed by atoms with Crippen molar-refractivity contribution in [1.82, 2.24) is 9.97 Å². The summed E-state index contributed by atoms with van der Waals surface area (Å²) >= 11 is 0. The van der Waals surface area contributed by atoms with Gasteiger partial charge in [-0.05, 0) is 24.3 Å². The molecule has 0 atom stereocenters. The van der Waals surface area contributed by atoms with Crippen molar-refractivity contribution in [3.05, 3.63) is 116 Å². The van der Waals surface area contributed by atoms with Gasteiger partial charge in [-0.15, -0.1) is 12.1 Å². The van der Waals surface area contributed by atoms with E-state index in [0.29, 0.717) is 11.0 Å². The molecule has 0 unspecified atom stereocenters. The van der Waals surface area contributed by atoms with Crippen LogP contribution in [0.1, 0.15) is 5.56 Å². The SMILES string of the molecule is Oc1cccc2cccnc12.Oc1cccc2cccnc12.[CH2-]c1ccccc1.[Zr]. The van der Waals surface area contributed by atoms with E-state index in [-0.39, 0.29) is 37.7 Å². The second-order valence-electron chi connectivity index (χ2n) is 6.19. The number of benzene rings is 3. The minimum atomic E-state index is 0. The molecular weight excluding hydrogens is 452 g/mol. The summed E-state index contributed by atoms with van der Waals surface area (Å²) in [5, 5.41) is 20.5. The Balaban J connectivity index is 0.000000162. The van der Waals surface area contributed by atoms with Crippen molar-refractivity contribution in [3.8, 4) is 11.5 Å². The number of pyridine rings is 2. The minimum absolute atomic E-state index is 0. The van der Waals surface area contributed by atoms with E-state index in [1.165, 1.54) is 0 Å². The third-order valence-corrected chi connectivity index (χ3v) is 4.07. The molecule has 5 aromatic rings. The Labute approximate surface area is 195 Å². The fourth-order valence-corrected chi connectivity index (χ4v) is 2.65. The zero-order valence-electron chi connectivity index (χ0n) is 16.3. The summed E-state index contributed by atoms with van der Waals surface area (Å²) in [6, 6.07) is 28.1. The first kappa shape index (κ1) is 23.1. The summed E-state index contributed by atoms with van der Waals surface area (Å²) in [6.45, 7) is 3.72. The first-order valence-corrected chi connectivity index (χ1v) is 9.07. The van der Waals surface area contributed by atoms with E-state index in [1.807, 2.05) is 66.7 Å². The predicted octanol–water partition coefficient (Wildman–Crippen LogP) is 5.75. The normalized spacial score (nSPS) is 9.47. The van der Waals surface area contributed by atoms with Crippen LogP contribution in [0.15, 0.2) is 103 Å². The Hall–Kier alpha value is -3.17. The van der Waals surface area contributed by atoms with E-state index in [2.05, 4.69) is 16.9 Å². The monoisotopic (exact) mass is 471 g/mol. The molecule has 2 heterocycles. The topological polar surface area (TPSA) is 66.2 Å². The smallest absolute Gasteiger partial charge is 0.141 e. The van der Waals surface area contributed by atoms with Crippen LogP contribution >= 0.6 is 0 Å². The average molecular weight is 473 g/mol. The zero-order valence-corrected chi connectivity index (χ0v) is 18.8. The molecule has 148 valence electrons. The molecule has 0 spiro atoms. The molecule has 0 aliphatic rings. The van der Waals surface area contributed by atoms with Crippen LogP contribution in [-0.2, 0) is 26.2 Å². The number of phenols is 2. The quantitative estimate of drug-likeness (QED) is 0.282. The van der Waals surface area contributed by atoms with E-state index < -0.39 is 0 Å². The van der Waals surface area contributed by atoms with Gasteiger partial charge in [0.25, 0.3) is 0 Å². The number of aromatic hydroxyl groups is 2. The van der Waals surface area contributed by atoms with Gasteiger partial charge in [0.1, 0.15) is 22.5 Å². The number of phenolic OH excluding ortho intramolecular Hbond substituents is 2. The third kappa shape index (κ3) is 6.43. The van der Waals surface area contributed by atoms with Crippen LogP contribution in [0.3, 0.4) is 0 Å². The predicted molar refractivity (Wildman–Crippen MR) is 118 cm³/mol. The van der Waals surface area contributed by atoms with Gasteiger partial charge in [-0.25, -0.2) is 0 Å². The molecule has 0 radical (unpaired) electrons. The van der Waals surface area contributed by atoms with Gasteiger partial charge in [0.15, 0.2) is 0 Å². The van der Waals surface area contributed by atoms with Crippen molar-refractivity contribution < 1.29 is 36.4 Å². The van der Waals surface area contributed by atoms with E-state index in [1.54, 1.807) is 36.7 Å². The summed E-state index contributed by atoms with van der Waals surface area (Å²) in [6.07, 6.45) is 3.34. The molecule has 4 nitrogen and oxygen atoms in total. The van der Waals surface area contributed by atoms with Crippen molar-refractivity contribution in [3.63, 3.8) is 0 Å². The van der Waals surface area contributed by atoms with Crippen LogP contribution in [0.4, 0.5) is 0 Å². The summed E-state index contributed by atoms with van der Waals surface area (Å²) in [5.74, 6) is 0.478. The van der Waals surface area contributed by atoms with Crippen molar-refractivity contribution in [2.45, 2.75) is 0 Å². The number of para-hydroxylation sites is 2. The second kappa shape index (κ2) is 11.7. The Kier molecular flexibility index (Phi) is 9.05. The standard InChI is InChI=1S/2C9H7NO.C7H7.Zr/c2*11-8-5-1-3-7-4-2-6-10-9(7)8;1-7-5-3-2-4-6-7;/h2*1-6,11H;2-6H,1H2;/q;;-1;. The maximum Gasteiger partial charge on any atom is 0.141 e. The van der Waals surface area contributed by atoms with Crippen LogP contribution in [-0.4, -0.2) is 20.2 Å². The fourth-order valence-electron chi connectivity index (χ4n) is 2.65. The van der Waals surface area contributed by atoms with Crippen molar-refractivity contribution in [2.75, 3.05) is 0 Å². The average Bonchev–Trinajstić information content (AvgIpc) is 2.76. The Morgan fingerprint density at radius 2 is 0.967 bits per heavy atom. The Bertz CT molecular complexity index is 1110. The molecule has 0 amide bonds. The van der Waals surface area contributed by atoms with Gasteiger partial charge < -0.3 is 10.2 Å². The molecule has 0 bridgehead atoms. The van der Waals surface area contributed by atoms with Gasteiger partial charge in [-0.1, -0.05) is 42.5 Å². The first-order chi connectivity index (χ1) is 14.1. The molecule has 0 fully saturated rings. The van der Waals surface area contributed by atoms with Crippen LogP contribution < -0.4 is 0 Å². The van der Waals surface area contributed by atoms with Crippen LogP contribution in [0.5, 0.6) is 11.5 Å². The first-order valence-electron chi connectivity index (χ1n) is 9.07. The number of aromatic nitrogens is 2. The number of hydrogen-bond donors (Lipinski definition) is 2. The van der Waals surface area contributed by atoms with E-state index in [0.717, 1.165) is 16.3 Å². The molecule has 0 aliphatic heterocycles. The van der Waals surface area contributed by atoms with E-state index in [4.69, 9.17) is 0 Å². The van der Waals surface area contributed by atoms with Crippen LogP contribution in [0, 0.1) is 6.92 Å². The van der Waals surface area contributed by atoms with Gasteiger partial charge in [-0.3, -0.25) is 9.97 Å². The van der Waals surface area contributed by atoms with Crippen molar-refractivity contribution >= 4 is 21.8 Å². The Morgan fingerprint density at radius 1 is 0.533 bits per heavy atom. The van der Waals surface area contributed by atoms with E-state index in [9.17, 15) is 10.2 Å². The second-order valence-corrected chi connectivity index (χ2v) is 6.19. The molecule has 5 heteroatoms. The van der Waals surface area contributed by atoms with Gasteiger partial charge >= 0.3 is 0 Å². The molecule has 0 saturated carbocycles. The summed E-state index contributed by atoms with van der Waals surface area (Å²) in [7, 11) is 0. The number of nitrogens with zero attached hydrogens (tertiary/aromatic N) is 2. The summed E-state index contributed by atoms with van der Waals surface area (Å²) < 4.78 is 0. The van der Waals surface area contributed by atoms with Crippen LogP contribution in [0.25, 0.3) is 21.8 Å². The van der Waals surface area contributed by atoms with Gasteiger partial charge in [0.05, 0.1) is 0 Å². The summed E-state index contributed by atoms with van der Waals surface area (Å²) in [5.41, 5.74) is 2.40. The number of hydrogen-bond acceptors (Lipinski definition) is 4. The van der Waals surface area contributed by atoms with E-state index >= 15 is 0 Å². The van der Waals surface area contributed by atoms with Gasteiger partial charge in [0.2, 0.25) is 0 Å². The third-order valence-electron chi connectivity index (χ3n) is 4.07. The largest absolute Gasteiger partial charge is 0.506 e. The number of fused-ring (bicyclic) bond motifs is 2. The Morgan fingerprint density at radius 3 is 1.33 bits per heavy atom. The zero-order chi connectivity index (χ0) is 20.5. The molecule has 0 aliphatic carbocycles. The molecule has 30 heavy (non-hydrogen) atoms. The van der Waals surface area contributed by atoms with Crippen molar-refractivity contribution in [1.29, 1.82) is 0 Å². The molecule has 5 rings (SSSR count). The molecule has 2 N–H and O–H groups in total. The van der Waals surface area contributed by atoms with Crippen molar-refractivity contribution in [2.24, 2.45) is 0 Å². The van der Waals surface area contributed by atoms with Gasteiger partial charge in [0, 0.05) is 49.4 Å². The fraction of sp³-hybridized carbons (Fsp3) is 0. The molecule has 3 aromatic carbocycles. The van der Waals surface area contributed by atoms with Crippen LogP contribution in [0.2, 0.25) is 0 Å². The molecule has 2 aromatic heterocycles. The van der Waals surface area contributed by atoms with Gasteiger partial charge in [-0.2, -0.15) is 24.6 Å². The summed E-state index contributed by atoms with van der Waals surface area (Å²) in [4.78, 5) is 8.06. The maximum atomic E-state index is 9.31. The maximum absolute atomic E-state index is 9.31. The number of rotatable bonds is 0. The molecular formula is C25H21N2O2Zr-. The minimum Gasteiger partial charge on any atom is -0.506 e.